The molecule has 1 aromatic rings. The number of nitrogens with two attached hydrogens (primary N) is 1. The van der Waals surface area contributed by atoms with Crippen LogP contribution in [0.3, 0.4) is 0 Å². The SMILES string of the molecule is NCCSCCCNCCc1ccccc1Cl. The second-order valence-corrected chi connectivity index (χ2v) is 5.48. The van der Waals surface area contributed by atoms with Crippen LogP contribution in [0.4, 0.5) is 0 Å². The summed E-state index contributed by atoms with van der Waals surface area (Å²) in [6.07, 6.45) is 2.20. The van der Waals surface area contributed by atoms with Crippen molar-refractivity contribution in [3.8, 4) is 0 Å². The monoisotopic (exact) mass is 272 g/mol. The number of benzene rings is 1. The van der Waals surface area contributed by atoms with Crippen LogP contribution < -0.4 is 11.1 Å². The highest BCUT2D eigenvalue weighted by atomic mass is 35.5. The predicted octanol–water partition coefficient (Wildman–Crippen LogP) is 2.55. The molecule has 1 aromatic carbocycles. The molecule has 0 bridgehead atoms. The molecular formula is C13H21ClN2S. The smallest absolute Gasteiger partial charge is 0.0438 e. The lowest BCUT2D eigenvalue weighted by Gasteiger charge is -2.06. The fourth-order valence-electron chi connectivity index (χ4n) is 1.53. The maximum absolute atomic E-state index is 6.08. The van der Waals surface area contributed by atoms with Crippen molar-refractivity contribution in [2.75, 3.05) is 31.1 Å². The average Bonchev–Trinajstić information content (AvgIpc) is 2.35. The molecule has 0 saturated heterocycles. The fraction of sp³-hybridized carbons (Fsp3) is 0.538. The zero-order valence-corrected chi connectivity index (χ0v) is 11.7. The summed E-state index contributed by atoms with van der Waals surface area (Å²) >= 11 is 8.00. The minimum absolute atomic E-state index is 0.782. The summed E-state index contributed by atoms with van der Waals surface area (Å²) in [5, 5.41) is 4.30. The first-order valence-electron chi connectivity index (χ1n) is 6.06. The van der Waals surface area contributed by atoms with Crippen LogP contribution in [0.25, 0.3) is 0 Å². The van der Waals surface area contributed by atoms with E-state index in [1.807, 2.05) is 30.0 Å². The summed E-state index contributed by atoms with van der Waals surface area (Å²) < 4.78 is 0. The number of rotatable bonds is 9. The van der Waals surface area contributed by atoms with E-state index < -0.39 is 0 Å². The molecule has 0 fully saturated rings. The van der Waals surface area contributed by atoms with Crippen molar-refractivity contribution in [1.29, 1.82) is 0 Å². The van der Waals surface area contributed by atoms with Crippen LogP contribution in [0.15, 0.2) is 24.3 Å². The summed E-state index contributed by atoms with van der Waals surface area (Å²) in [7, 11) is 0. The van der Waals surface area contributed by atoms with Crippen molar-refractivity contribution < 1.29 is 0 Å². The van der Waals surface area contributed by atoms with Crippen molar-refractivity contribution in [2.24, 2.45) is 5.73 Å². The number of thioether (sulfide) groups is 1. The molecule has 0 radical (unpaired) electrons. The molecule has 96 valence electrons. The van der Waals surface area contributed by atoms with Gasteiger partial charge in [-0.2, -0.15) is 11.8 Å². The molecule has 1 rings (SSSR count). The number of halogens is 1. The molecule has 0 spiro atoms. The third kappa shape index (κ3) is 6.94. The summed E-state index contributed by atoms with van der Waals surface area (Å²) in [5.74, 6) is 2.26. The molecule has 0 aliphatic heterocycles. The van der Waals surface area contributed by atoms with Crippen molar-refractivity contribution in [1.82, 2.24) is 5.32 Å². The zero-order chi connectivity index (χ0) is 12.3. The molecule has 0 atom stereocenters. The van der Waals surface area contributed by atoms with Gasteiger partial charge in [-0.25, -0.2) is 0 Å². The van der Waals surface area contributed by atoms with Gasteiger partial charge < -0.3 is 11.1 Å². The molecule has 0 aliphatic rings. The molecule has 0 heterocycles. The highest BCUT2D eigenvalue weighted by Gasteiger charge is 1.97. The van der Waals surface area contributed by atoms with Crippen molar-refractivity contribution in [3.05, 3.63) is 34.9 Å². The van der Waals surface area contributed by atoms with Crippen LogP contribution in [0.2, 0.25) is 5.02 Å². The second kappa shape index (κ2) is 9.77. The van der Waals surface area contributed by atoms with Crippen LogP contribution in [0.1, 0.15) is 12.0 Å². The first kappa shape index (κ1) is 14.8. The van der Waals surface area contributed by atoms with Gasteiger partial charge in [-0.05, 0) is 43.3 Å². The van der Waals surface area contributed by atoms with Gasteiger partial charge in [-0.15, -0.1) is 0 Å². The summed E-state index contributed by atoms with van der Waals surface area (Å²) in [5.41, 5.74) is 6.64. The van der Waals surface area contributed by atoms with Crippen LogP contribution in [0.5, 0.6) is 0 Å². The molecule has 0 amide bonds. The Bertz CT molecular complexity index is 307. The lowest BCUT2D eigenvalue weighted by atomic mass is 10.1. The van der Waals surface area contributed by atoms with Gasteiger partial charge in [0.2, 0.25) is 0 Å². The van der Waals surface area contributed by atoms with Gasteiger partial charge in [0.15, 0.2) is 0 Å². The highest BCUT2D eigenvalue weighted by molar-refractivity contribution is 7.99. The quantitative estimate of drug-likeness (QED) is 0.679. The van der Waals surface area contributed by atoms with E-state index in [4.69, 9.17) is 17.3 Å². The van der Waals surface area contributed by atoms with E-state index in [0.717, 1.165) is 36.8 Å². The van der Waals surface area contributed by atoms with Gasteiger partial charge in [-0.1, -0.05) is 29.8 Å². The Balaban J connectivity index is 1.99. The lowest BCUT2D eigenvalue weighted by molar-refractivity contribution is 0.674. The first-order chi connectivity index (χ1) is 8.34. The van der Waals surface area contributed by atoms with Crippen LogP contribution in [-0.4, -0.2) is 31.1 Å². The van der Waals surface area contributed by atoms with Gasteiger partial charge in [-0.3, -0.25) is 0 Å². The Morgan fingerprint density at radius 2 is 2.00 bits per heavy atom. The van der Waals surface area contributed by atoms with Crippen LogP contribution in [-0.2, 0) is 6.42 Å². The first-order valence-corrected chi connectivity index (χ1v) is 7.60. The van der Waals surface area contributed by atoms with Crippen LogP contribution in [0, 0.1) is 0 Å². The average molecular weight is 273 g/mol. The Labute approximate surface area is 113 Å². The molecular weight excluding hydrogens is 252 g/mol. The maximum atomic E-state index is 6.08. The van der Waals surface area contributed by atoms with E-state index in [-0.39, 0.29) is 0 Å². The fourth-order valence-corrected chi connectivity index (χ4v) is 2.48. The topological polar surface area (TPSA) is 38.0 Å². The Morgan fingerprint density at radius 1 is 1.18 bits per heavy atom. The molecule has 0 saturated carbocycles. The zero-order valence-electron chi connectivity index (χ0n) is 10.1. The molecule has 4 heteroatoms. The Hall–Kier alpha value is -0.220. The molecule has 0 aromatic heterocycles. The summed E-state index contributed by atoms with van der Waals surface area (Å²) in [6, 6.07) is 8.03. The van der Waals surface area contributed by atoms with E-state index in [1.165, 1.54) is 17.7 Å². The standard InChI is InChI=1S/C13H21ClN2S/c14-13-5-2-1-4-12(13)6-9-16-8-3-10-17-11-7-15/h1-2,4-5,16H,3,6-11,15H2. The van der Waals surface area contributed by atoms with E-state index >= 15 is 0 Å². The van der Waals surface area contributed by atoms with E-state index in [2.05, 4.69) is 11.4 Å². The molecule has 0 aliphatic carbocycles. The summed E-state index contributed by atoms with van der Waals surface area (Å²) in [6.45, 7) is 2.85. The van der Waals surface area contributed by atoms with Crippen molar-refractivity contribution in [2.45, 2.75) is 12.8 Å². The maximum Gasteiger partial charge on any atom is 0.0438 e. The minimum atomic E-state index is 0.782. The van der Waals surface area contributed by atoms with Crippen molar-refractivity contribution in [3.63, 3.8) is 0 Å². The normalized spacial score (nSPS) is 10.7. The largest absolute Gasteiger partial charge is 0.330 e. The lowest BCUT2D eigenvalue weighted by Crippen LogP contribution is -2.19. The predicted molar refractivity (Wildman–Crippen MR) is 79.0 cm³/mol. The van der Waals surface area contributed by atoms with E-state index in [9.17, 15) is 0 Å². The molecule has 17 heavy (non-hydrogen) atoms. The molecule has 2 nitrogen and oxygen atoms in total. The van der Waals surface area contributed by atoms with Gasteiger partial charge in [0.05, 0.1) is 0 Å². The Kier molecular flexibility index (Phi) is 8.53. The minimum Gasteiger partial charge on any atom is -0.330 e. The van der Waals surface area contributed by atoms with Gasteiger partial charge in [0.1, 0.15) is 0 Å². The van der Waals surface area contributed by atoms with E-state index in [0.29, 0.717) is 0 Å². The Morgan fingerprint density at radius 3 is 2.76 bits per heavy atom. The molecule has 3 N–H and O–H groups in total. The van der Waals surface area contributed by atoms with Crippen molar-refractivity contribution >= 4 is 23.4 Å². The number of hydrogen-bond donors (Lipinski definition) is 2. The summed E-state index contributed by atoms with van der Waals surface area (Å²) in [4.78, 5) is 0. The van der Waals surface area contributed by atoms with E-state index in [1.54, 1.807) is 0 Å². The second-order valence-electron chi connectivity index (χ2n) is 3.85. The third-order valence-electron chi connectivity index (χ3n) is 2.43. The highest BCUT2D eigenvalue weighted by Crippen LogP contribution is 2.14. The number of hydrogen-bond acceptors (Lipinski definition) is 3. The van der Waals surface area contributed by atoms with Crippen LogP contribution >= 0.6 is 23.4 Å². The van der Waals surface area contributed by atoms with Gasteiger partial charge >= 0.3 is 0 Å². The third-order valence-corrected chi connectivity index (χ3v) is 3.90. The van der Waals surface area contributed by atoms with Gasteiger partial charge in [0, 0.05) is 17.3 Å². The van der Waals surface area contributed by atoms with Gasteiger partial charge in [0.25, 0.3) is 0 Å². The molecule has 0 unspecified atom stereocenters. The number of nitrogens with one attached hydrogen (secondary N) is 1.